The lowest BCUT2D eigenvalue weighted by Gasteiger charge is -2.00. The largest absolute Gasteiger partial charge is 0.338 e. The predicted molar refractivity (Wildman–Crippen MR) is 50.7 cm³/mol. The van der Waals surface area contributed by atoms with Crippen molar-refractivity contribution in [2.45, 2.75) is 0 Å². The van der Waals surface area contributed by atoms with Crippen molar-refractivity contribution in [3.63, 3.8) is 0 Å². The Hall–Kier alpha value is -1.91. The fourth-order valence-electron chi connectivity index (χ4n) is 1.08. The molecule has 0 amide bonds. The van der Waals surface area contributed by atoms with E-state index >= 15 is 0 Å². The third-order valence-corrected chi connectivity index (χ3v) is 1.70. The van der Waals surface area contributed by atoms with E-state index in [-0.39, 0.29) is 5.82 Å². The van der Waals surface area contributed by atoms with Gasteiger partial charge in [-0.15, -0.1) is 0 Å². The molecule has 1 N–H and O–H groups in total. The number of aryl methyl sites for hydroxylation is 1. The lowest BCUT2D eigenvalue weighted by molar-refractivity contribution is 0.622. The van der Waals surface area contributed by atoms with Gasteiger partial charge in [-0.25, -0.2) is 9.37 Å². The molecular formula is C9H9FN4. The van der Waals surface area contributed by atoms with Crippen LogP contribution < -0.4 is 5.32 Å². The summed E-state index contributed by atoms with van der Waals surface area (Å²) in [4.78, 5) is 3.86. The van der Waals surface area contributed by atoms with Gasteiger partial charge in [0.1, 0.15) is 11.6 Å². The Kier molecular flexibility index (Phi) is 2.14. The van der Waals surface area contributed by atoms with Crippen molar-refractivity contribution in [1.82, 2.24) is 14.8 Å². The molecule has 0 bridgehead atoms. The zero-order chi connectivity index (χ0) is 9.97. The maximum Gasteiger partial charge on any atom is 0.141 e. The number of hydrogen-bond donors (Lipinski definition) is 1. The van der Waals surface area contributed by atoms with Gasteiger partial charge >= 0.3 is 0 Å². The Morgan fingerprint density at radius 1 is 1.36 bits per heavy atom. The summed E-state index contributed by atoms with van der Waals surface area (Å²) in [6, 6.07) is 2.92. The molecule has 0 unspecified atom stereocenters. The van der Waals surface area contributed by atoms with Crippen molar-refractivity contribution in [3.05, 3.63) is 36.5 Å². The minimum absolute atomic E-state index is 0.346. The van der Waals surface area contributed by atoms with Crippen molar-refractivity contribution >= 4 is 11.5 Å². The van der Waals surface area contributed by atoms with E-state index in [2.05, 4.69) is 15.4 Å². The molecule has 0 spiro atoms. The number of pyridine rings is 1. The van der Waals surface area contributed by atoms with Gasteiger partial charge in [0.25, 0.3) is 0 Å². The first kappa shape index (κ1) is 8.68. The lowest BCUT2D eigenvalue weighted by Crippen LogP contribution is -1.92. The highest BCUT2D eigenvalue weighted by Crippen LogP contribution is 2.12. The first-order valence-electron chi connectivity index (χ1n) is 4.11. The van der Waals surface area contributed by atoms with Crippen LogP contribution in [0.1, 0.15) is 0 Å². The average Bonchev–Trinajstić information content (AvgIpc) is 2.56. The van der Waals surface area contributed by atoms with Crippen molar-refractivity contribution in [2.24, 2.45) is 7.05 Å². The van der Waals surface area contributed by atoms with Gasteiger partial charge in [-0.1, -0.05) is 0 Å². The Balaban J connectivity index is 2.15. The zero-order valence-corrected chi connectivity index (χ0v) is 7.61. The van der Waals surface area contributed by atoms with Crippen LogP contribution in [0.15, 0.2) is 30.7 Å². The van der Waals surface area contributed by atoms with Crippen molar-refractivity contribution in [3.8, 4) is 0 Å². The van der Waals surface area contributed by atoms with Crippen molar-refractivity contribution < 1.29 is 4.39 Å². The molecule has 4 nitrogen and oxygen atoms in total. The van der Waals surface area contributed by atoms with Crippen molar-refractivity contribution in [1.29, 1.82) is 0 Å². The summed E-state index contributed by atoms with van der Waals surface area (Å²) in [5.74, 6) is 0.251. The molecule has 2 aromatic heterocycles. The number of aromatic nitrogens is 3. The van der Waals surface area contributed by atoms with Crippen LogP contribution >= 0.6 is 0 Å². The van der Waals surface area contributed by atoms with E-state index in [9.17, 15) is 4.39 Å². The summed E-state index contributed by atoms with van der Waals surface area (Å²) in [5.41, 5.74) is 0.826. The predicted octanol–water partition coefficient (Wildman–Crippen LogP) is 1.70. The molecule has 0 aromatic carbocycles. The molecule has 0 fully saturated rings. The van der Waals surface area contributed by atoms with Gasteiger partial charge in [0.15, 0.2) is 0 Å². The van der Waals surface area contributed by atoms with Crippen LogP contribution in [0.5, 0.6) is 0 Å². The molecule has 0 radical (unpaired) electrons. The third kappa shape index (κ3) is 1.87. The average molecular weight is 192 g/mol. The van der Waals surface area contributed by atoms with Crippen LogP contribution in [0.25, 0.3) is 0 Å². The van der Waals surface area contributed by atoms with E-state index in [1.54, 1.807) is 16.9 Å². The molecule has 2 heterocycles. The summed E-state index contributed by atoms with van der Waals surface area (Å²) in [7, 11) is 1.82. The van der Waals surface area contributed by atoms with Crippen LogP contribution in [-0.4, -0.2) is 14.8 Å². The Morgan fingerprint density at radius 2 is 2.21 bits per heavy atom. The van der Waals surface area contributed by atoms with Gasteiger partial charge in [0, 0.05) is 13.2 Å². The van der Waals surface area contributed by atoms with Crippen LogP contribution in [0.3, 0.4) is 0 Å². The summed E-state index contributed by atoms with van der Waals surface area (Å²) in [6.45, 7) is 0. The molecule has 14 heavy (non-hydrogen) atoms. The van der Waals surface area contributed by atoms with Crippen LogP contribution in [0.2, 0.25) is 0 Å². The zero-order valence-electron chi connectivity index (χ0n) is 7.61. The molecular weight excluding hydrogens is 183 g/mol. The smallest absolute Gasteiger partial charge is 0.141 e. The van der Waals surface area contributed by atoms with E-state index in [1.807, 2.05) is 13.2 Å². The second-order valence-electron chi connectivity index (χ2n) is 2.89. The molecule has 72 valence electrons. The second-order valence-corrected chi connectivity index (χ2v) is 2.89. The van der Waals surface area contributed by atoms with Crippen LogP contribution in [-0.2, 0) is 7.05 Å². The Bertz CT molecular complexity index is 421. The van der Waals surface area contributed by atoms with Gasteiger partial charge in [-0.3, -0.25) is 4.68 Å². The minimum atomic E-state index is -0.346. The number of rotatable bonds is 2. The maximum atomic E-state index is 12.5. The standard InChI is InChI=1S/C9H9FN4/c1-14-6-8(5-12-14)13-9-3-2-7(10)4-11-9/h2-6H,1H3,(H,11,13). The summed E-state index contributed by atoms with van der Waals surface area (Å²) >= 11 is 0. The van der Waals surface area contributed by atoms with Crippen molar-refractivity contribution in [2.75, 3.05) is 5.32 Å². The Morgan fingerprint density at radius 3 is 2.79 bits per heavy atom. The number of hydrogen-bond acceptors (Lipinski definition) is 3. The third-order valence-electron chi connectivity index (χ3n) is 1.70. The number of nitrogens with one attached hydrogen (secondary N) is 1. The van der Waals surface area contributed by atoms with Gasteiger partial charge < -0.3 is 5.32 Å². The van der Waals surface area contributed by atoms with E-state index in [0.717, 1.165) is 5.69 Å². The maximum absolute atomic E-state index is 12.5. The molecule has 2 aromatic rings. The summed E-state index contributed by atoms with van der Waals surface area (Å²) < 4.78 is 14.2. The Labute approximate surface area is 80.4 Å². The van der Waals surface area contributed by atoms with E-state index < -0.39 is 0 Å². The first-order chi connectivity index (χ1) is 6.74. The van der Waals surface area contributed by atoms with Crippen LogP contribution in [0.4, 0.5) is 15.9 Å². The van der Waals surface area contributed by atoms with Crippen LogP contribution in [0, 0.1) is 5.82 Å². The molecule has 0 aliphatic heterocycles. The van der Waals surface area contributed by atoms with E-state index in [0.29, 0.717) is 5.82 Å². The monoisotopic (exact) mass is 192 g/mol. The van der Waals surface area contributed by atoms with Gasteiger partial charge in [0.2, 0.25) is 0 Å². The van der Waals surface area contributed by atoms with Gasteiger partial charge in [0.05, 0.1) is 18.1 Å². The normalized spacial score (nSPS) is 10.1. The molecule has 0 atom stereocenters. The number of anilines is 2. The fourth-order valence-corrected chi connectivity index (χ4v) is 1.08. The topological polar surface area (TPSA) is 42.7 Å². The second kappa shape index (κ2) is 3.45. The molecule has 0 aliphatic rings. The van der Waals surface area contributed by atoms with E-state index in [1.165, 1.54) is 12.3 Å². The number of halogens is 1. The quantitative estimate of drug-likeness (QED) is 0.787. The highest BCUT2D eigenvalue weighted by Gasteiger charge is 1.97. The van der Waals surface area contributed by atoms with Gasteiger partial charge in [-0.2, -0.15) is 5.10 Å². The first-order valence-corrected chi connectivity index (χ1v) is 4.11. The summed E-state index contributed by atoms with van der Waals surface area (Å²) in [5, 5.41) is 6.97. The molecule has 0 saturated heterocycles. The SMILES string of the molecule is Cn1cc(Nc2ccc(F)cn2)cn1. The number of nitrogens with zero attached hydrogens (tertiary/aromatic N) is 3. The lowest BCUT2D eigenvalue weighted by atomic mass is 10.4. The van der Waals surface area contributed by atoms with E-state index in [4.69, 9.17) is 0 Å². The molecule has 2 rings (SSSR count). The highest BCUT2D eigenvalue weighted by atomic mass is 19.1. The molecule has 5 heteroatoms. The van der Waals surface area contributed by atoms with Gasteiger partial charge in [-0.05, 0) is 12.1 Å². The molecule has 0 saturated carbocycles. The highest BCUT2D eigenvalue weighted by molar-refractivity contribution is 5.53. The minimum Gasteiger partial charge on any atom is -0.338 e. The fraction of sp³-hybridized carbons (Fsp3) is 0.111. The molecule has 0 aliphatic carbocycles. The summed E-state index contributed by atoms with van der Waals surface area (Å²) in [6.07, 6.45) is 4.65.